The first-order valence-corrected chi connectivity index (χ1v) is 8.48. The number of nitrogens with zero attached hydrogens (tertiary/aromatic N) is 2. The number of amides is 1. The number of rotatable bonds is 6. The van der Waals surface area contributed by atoms with Crippen molar-refractivity contribution in [2.24, 2.45) is 0 Å². The summed E-state index contributed by atoms with van der Waals surface area (Å²) in [5.41, 5.74) is 3.29. The smallest absolute Gasteiger partial charge is 0.251 e. The molecule has 26 heavy (non-hydrogen) atoms. The molecular weight excluding hydrogens is 373 g/mol. The summed E-state index contributed by atoms with van der Waals surface area (Å²) in [4.78, 5) is 16.3. The zero-order chi connectivity index (χ0) is 17.6. The summed E-state index contributed by atoms with van der Waals surface area (Å²) in [6.45, 7) is 2.51. The molecule has 7 heteroatoms. The summed E-state index contributed by atoms with van der Waals surface area (Å²) in [5.74, 6) is 0.556. The zero-order valence-electron chi connectivity index (χ0n) is 14.2. The van der Waals surface area contributed by atoms with Crippen LogP contribution in [0.15, 0.2) is 53.2 Å². The Labute approximate surface area is 163 Å². The Bertz CT molecular complexity index is 880. The Kier molecular flexibility index (Phi) is 7.18. The predicted octanol–water partition coefficient (Wildman–Crippen LogP) is 4.35. The topological polar surface area (TPSA) is 68.0 Å². The third kappa shape index (κ3) is 5.07. The van der Waals surface area contributed by atoms with E-state index in [2.05, 4.69) is 22.4 Å². The molecule has 0 fully saturated rings. The van der Waals surface area contributed by atoms with Crippen molar-refractivity contribution >= 4 is 29.9 Å². The summed E-state index contributed by atoms with van der Waals surface area (Å²) < 4.78 is 5.36. The second-order valence-electron chi connectivity index (χ2n) is 5.58. The molecule has 0 unspecified atom stereocenters. The Morgan fingerprint density at radius 3 is 2.85 bits per heavy atom. The molecule has 3 rings (SSSR count). The molecule has 0 aliphatic heterocycles. The molecule has 2 aromatic heterocycles. The second-order valence-corrected chi connectivity index (χ2v) is 6.02. The molecule has 0 bridgehead atoms. The summed E-state index contributed by atoms with van der Waals surface area (Å²) >= 11 is 5.89. The van der Waals surface area contributed by atoms with Crippen molar-refractivity contribution < 1.29 is 9.32 Å². The maximum absolute atomic E-state index is 12.1. The molecule has 136 valence electrons. The van der Waals surface area contributed by atoms with Crippen LogP contribution in [0.4, 0.5) is 0 Å². The fourth-order valence-electron chi connectivity index (χ4n) is 2.43. The van der Waals surface area contributed by atoms with E-state index < -0.39 is 0 Å². The minimum absolute atomic E-state index is 0. The fraction of sp³-hybridized carbons (Fsp3) is 0.211. The fourth-order valence-corrected chi connectivity index (χ4v) is 2.62. The number of hydrogen-bond acceptors (Lipinski definition) is 4. The lowest BCUT2D eigenvalue weighted by atomic mass is 10.1. The van der Waals surface area contributed by atoms with Crippen LogP contribution < -0.4 is 5.32 Å². The largest absolute Gasteiger partial charge is 0.361 e. The maximum atomic E-state index is 12.1. The van der Waals surface area contributed by atoms with E-state index in [-0.39, 0.29) is 18.3 Å². The van der Waals surface area contributed by atoms with Gasteiger partial charge in [0, 0.05) is 47.1 Å². The molecule has 3 aromatic rings. The first kappa shape index (κ1) is 19.9. The average molecular weight is 392 g/mol. The van der Waals surface area contributed by atoms with Crippen LogP contribution in [0.2, 0.25) is 5.02 Å². The van der Waals surface area contributed by atoms with Gasteiger partial charge in [0.25, 0.3) is 5.91 Å². The van der Waals surface area contributed by atoms with E-state index in [0.29, 0.717) is 23.6 Å². The molecule has 0 spiro atoms. The SMILES string of the molecule is CCc1cc(-c2cc(CCNC(=O)c3cccc(Cl)c3)on2)ccn1.Cl. The molecule has 0 aliphatic rings. The third-order valence-corrected chi connectivity index (χ3v) is 4.01. The third-order valence-electron chi connectivity index (χ3n) is 3.78. The lowest BCUT2D eigenvalue weighted by molar-refractivity contribution is 0.0953. The molecular formula is C19H19Cl2N3O2. The van der Waals surface area contributed by atoms with Crippen molar-refractivity contribution in [2.45, 2.75) is 19.8 Å². The molecule has 1 aromatic carbocycles. The predicted molar refractivity (Wildman–Crippen MR) is 104 cm³/mol. The van der Waals surface area contributed by atoms with Crippen LogP contribution in [0.3, 0.4) is 0 Å². The first-order valence-electron chi connectivity index (χ1n) is 8.10. The number of carbonyl (C=O) groups is 1. The van der Waals surface area contributed by atoms with Crippen LogP contribution in [0, 0.1) is 0 Å². The van der Waals surface area contributed by atoms with Crippen LogP contribution in [-0.4, -0.2) is 22.6 Å². The maximum Gasteiger partial charge on any atom is 0.251 e. The van der Waals surface area contributed by atoms with Gasteiger partial charge in [0.15, 0.2) is 0 Å². The van der Waals surface area contributed by atoms with Gasteiger partial charge in [-0.2, -0.15) is 0 Å². The van der Waals surface area contributed by atoms with Gasteiger partial charge in [0.2, 0.25) is 0 Å². The number of nitrogens with one attached hydrogen (secondary N) is 1. The Morgan fingerprint density at radius 2 is 2.08 bits per heavy atom. The molecule has 2 heterocycles. The number of pyridine rings is 1. The summed E-state index contributed by atoms with van der Waals surface area (Å²) in [6, 6.07) is 12.6. The quantitative estimate of drug-likeness (QED) is 0.678. The minimum atomic E-state index is -0.163. The van der Waals surface area contributed by atoms with E-state index in [1.54, 1.807) is 30.5 Å². The van der Waals surface area contributed by atoms with Crippen molar-refractivity contribution in [1.82, 2.24) is 15.5 Å². The van der Waals surface area contributed by atoms with Gasteiger partial charge in [0.05, 0.1) is 0 Å². The van der Waals surface area contributed by atoms with Crippen molar-refractivity contribution in [3.8, 4) is 11.3 Å². The van der Waals surface area contributed by atoms with Crippen molar-refractivity contribution in [3.63, 3.8) is 0 Å². The number of carbonyl (C=O) groups excluding carboxylic acids is 1. The summed E-state index contributed by atoms with van der Waals surface area (Å²) in [7, 11) is 0. The highest BCUT2D eigenvalue weighted by Crippen LogP contribution is 2.19. The molecule has 0 atom stereocenters. The number of aryl methyl sites for hydroxylation is 1. The Hall–Kier alpha value is -2.37. The van der Waals surface area contributed by atoms with Crippen LogP contribution in [0.25, 0.3) is 11.3 Å². The standard InChI is InChI=1S/C19H18ClN3O2.ClH/c1-2-16-11-13(6-8-21-16)18-12-17(25-23-18)7-9-22-19(24)14-4-3-5-15(20)10-14;/h3-6,8,10-12H,2,7,9H2,1H3,(H,22,24);1H. The molecule has 0 saturated carbocycles. The van der Waals surface area contributed by atoms with E-state index in [4.69, 9.17) is 16.1 Å². The monoisotopic (exact) mass is 391 g/mol. The highest BCUT2D eigenvalue weighted by molar-refractivity contribution is 6.30. The normalized spacial score (nSPS) is 10.2. The van der Waals surface area contributed by atoms with Crippen LogP contribution >= 0.6 is 24.0 Å². The van der Waals surface area contributed by atoms with Gasteiger partial charge < -0.3 is 9.84 Å². The van der Waals surface area contributed by atoms with Gasteiger partial charge in [-0.3, -0.25) is 9.78 Å². The molecule has 1 amide bonds. The number of aromatic nitrogens is 2. The van der Waals surface area contributed by atoms with Crippen LogP contribution in [0.1, 0.15) is 28.7 Å². The van der Waals surface area contributed by atoms with Gasteiger partial charge >= 0.3 is 0 Å². The molecule has 5 nitrogen and oxygen atoms in total. The minimum Gasteiger partial charge on any atom is -0.361 e. The van der Waals surface area contributed by atoms with Gasteiger partial charge in [-0.05, 0) is 36.8 Å². The molecule has 0 radical (unpaired) electrons. The van der Waals surface area contributed by atoms with E-state index in [1.165, 1.54) is 0 Å². The van der Waals surface area contributed by atoms with E-state index in [1.807, 2.05) is 18.2 Å². The summed E-state index contributed by atoms with van der Waals surface area (Å²) in [5, 5.41) is 7.48. The van der Waals surface area contributed by atoms with Gasteiger partial charge in [-0.15, -0.1) is 12.4 Å². The number of halogens is 2. The molecule has 0 saturated heterocycles. The number of benzene rings is 1. The first-order chi connectivity index (χ1) is 12.2. The average Bonchev–Trinajstić information content (AvgIpc) is 3.10. The van der Waals surface area contributed by atoms with Gasteiger partial charge in [-0.25, -0.2) is 0 Å². The van der Waals surface area contributed by atoms with E-state index in [9.17, 15) is 4.79 Å². The second kappa shape index (κ2) is 9.36. The van der Waals surface area contributed by atoms with Crippen LogP contribution in [0.5, 0.6) is 0 Å². The zero-order valence-corrected chi connectivity index (χ0v) is 15.8. The Balaban J connectivity index is 0.00000243. The lowest BCUT2D eigenvalue weighted by Crippen LogP contribution is -2.25. The van der Waals surface area contributed by atoms with Gasteiger partial charge in [0.1, 0.15) is 11.5 Å². The van der Waals surface area contributed by atoms with Crippen molar-refractivity contribution in [2.75, 3.05) is 6.54 Å². The van der Waals surface area contributed by atoms with Crippen LogP contribution in [-0.2, 0) is 12.8 Å². The summed E-state index contributed by atoms with van der Waals surface area (Å²) in [6.07, 6.45) is 3.20. The number of hydrogen-bond donors (Lipinski definition) is 1. The molecule has 1 N–H and O–H groups in total. The van der Waals surface area contributed by atoms with Crippen molar-refractivity contribution in [3.05, 3.63) is 70.7 Å². The van der Waals surface area contributed by atoms with Gasteiger partial charge in [-0.1, -0.05) is 29.7 Å². The molecule has 0 aliphatic carbocycles. The highest BCUT2D eigenvalue weighted by Gasteiger charge is 2.09. The van der Waals surface area contributed by atoms with E-state index in [0.717, 1.165) is 29.1 Å². The van der Waals surface area contributed by atoms with Crippen molar-refractivity contribution in [1.29, 1.82) is 0 Å². The highest BCUT2D eigenvalue weighted by atomic mass is 35.5. The Morgan fingerprint density at radius 1 is 1.23 bits per heavy atom. The lowest BCUT2D eigenvalue weighted by Gasteiger charge is -2.03. The van der Waals surface area contributed by atoms with E-state index >= 15 is 0 Å².